The molecule has 4 heteroatoms. The zero-order chi connectivity index (χ0) is 13.8. The summed E-state index contributed by atoms with van der Waals surface area (Å²) >= 11 is 0. The van der Waals surface area contributed by atoms with E-state index in [1.54, 1.807) is 20.0 Å². The summed E-state index contributed by atoms with van der Waals surface area (Å²) in [7, 11) is 0. The molecule has 0 aromatic carbocycles. The van der Waals surface area contributed by atoms with Crippen LogP contribution in [0.3, 0.4) is 0 Å². The van der Waals surface area contributed by atoms with E-state index in [1.165, 1.54) is 0 Å². The highest BCUT2D eigenvalue weighted by Crippen LogP contribution is 2.21. The Kier molecular flexibility index (Phi) is 4.59. The number of carbonyl (C=O) groups excluding carboxylic acids is 1. The number of amides is 1. The van der Waals surface area contributed by atoms with Crippen molar-refractivity contribution >= 4 is 11.8 Å². The molecule has 0 unspecified atom stereocenters. The molecule has 0 aliphatic rings. The maximum Gasteiger partial charge on any atom is 0.434 e. The third-order valence-corrected chi connectivity index (χ3v) is 2.16. The van der Waals surface area contributed by atoms with Crippen molar-refractivity contribution < 1.29 is 9.53 Å². The van der Waals surface area contributed by atoms with Crippen molar-refractivity contribution in [2.45, 2.75) is 40.7 Å². The molecule has 4 nitrogen and oxygen atoms in total. The quantitative estimate of drug-likeness (QED) is 0.753. The van der Waals surface area contributed by atoms with E-state index in [9.17, 15) is 4.79 Å². The second-order valence-corrected chi connectivity index (χ2v) is 5.36. The smallest absolute Gasteiger partial charge is 0.434 e. The van der Waals surface area contributed by atoms with Gasteiger partial charge in [0, 0.05) is 11.6 Å². The molecule has 0 radical (unpaired) electrons. The molecule has 0 bridgehead atoms. The lowest BCUT2D eigenvalue weighted by Crippen LogP contribution is -2.24. The van der Waals surface area contributed by atoms with Gasteiger partial charge in [0.05, 0.1) is 17.5 Å². The van der Waals surface area contributed by atoms with Crippen LogP contribution in [0.15, 0.2) is 29.4 Å². The van der Waals surface area contributed by atoms with E-state index < -0.39 is 6.09 Å². The normalized spacial score (nSPS) is 12.7. The SMILES string of the molecule is CC(C)OC(=O)/N=C(\c1ccccn1)C(C)(C)C. The van der Waals surface area contributed by atoms with Gasteiger partial charge in [-0.05, 0) is 26.0 Å². The van der Waals surface area contributed by atoms with Crippen LogP contribution in [0.1, 0.15) is 40.3 Å². The van der Waals surface area contributed by atoms with Crippen molar-refractivity contribution in [3.8, 4) is 0 Å². The molecule has 0 saturated carbocycles. The molecule has 98 valence electrons. The Bertz CT molecular complexity index is 431. The van der Waals surface area contributed by atoms with Crippen molar-refractivity contribution in [2.75, 3.05) is 0 Å². The molecule has 0 saturated heterocycles. The second kappa shape index (κ2) is 5.76. The first-order chi connectivity index (χ1) is 8.30. The molecule has 18 heavy (non-hydrogen) atoms. The van der Waals surface area contributed by atoms with Crippen LogP contribution in [0.4, 0.5) is 4.79 Å². The van der Waals surface area contributed by atoms with Gasteiger partial charge in [-0.2, -0.15) is 4.99 Å². The lowest BCUT2D eigenvalue weighted by Gasteiger charge is -2.20. The lowest BCUT2D eigenvalue weighted by atomic mass is 9.87. The second-order valence-electron chi connectivity index (χ2n) is 5.36. The van der Waals surface area contributed by atoms with Crippen LogP contribution >= 0.6 is 0 Å². The fraction of sp³-hybridized carbons (Fsp3) is 0.500. The third-order valence-electron chi connectivity index (χ3n) is 2.16. The molecule has 0 aliphatic carbocycles. The number of rotatable bonds is 2. The van der Waals surface area contributed by atoms with E-state index in [0.717, 1.165) is 0 Å². The predicted molar refractivity (Wildman–Crippen MR) is 71.8 cm³/mol. The molecule has 1 heterocycles. The van der Waals surface area contributed by atoms with Crippen molar-refractivity contribution in [3.05, 3.63) is 30.1 Å². The summed E-state index contributed by atoms with van der Waals surface area (Å²) in [6.07, 6.45) is 0.941. The maximum atomic E-state index is 11.6. The number of hydrogen-bond donors (Lipinski definition) is 0. The van der Waals surface area contributed by atoms with Gasteiger partial charge >= 0.3 is 6.09 Å². The summed E-state index contributed by atoms with van der Waals surface area (Å²) in [5, 5.41) is 0. The lowest BCUT2D eigenvalue weighted by molar-refractivity contribution is 0.125. The fourth-order valence-electron chi connectivity index (χ4n) is 1.43. The topological polar surface area (TPSA) is 51.5 Å². The molecule has 1 aromatic rings. The fourth-order valence-corrected chi connectivity index (χ4v) is 1.43. The van der Waals surface area contributed by atoms with Crippen molar-refractivity contribution in [3.63, 3.8) is 0 Å². The van der Waals surface area contributed by atoms with Crippen molar-refractivity contribution in [1.29, 1.82) is 0 Å². The number of aromatic nitrogens is 1. The third kappa shape index (κ3) is 4.28. The van der Waals surface area contributed by atoms with Gasteiger partial charge in [-0.25, -0.2) is 4.79 Å². The highest BCUT2D eigenvalue weighted by atomic mass is 16.6. The number of carbonyl (C=O) groups is 1. The summed E-state index contributed by atoms with van der Waals surface area (Å²) in [5.41, 5.74) is 1.06. The summed E-state index contributed by atoms with van der Waals surface area (Å²) in [4.78, 5) is 19.9. The highest BCUT2D eigenvalue weighted by molar-refractivity contribution is 6.07. The number of nitrogens with zero attached hydrogens (tertiary/aromatic N) is 2. The number of pyridine rings is 1. The Labute approximate surface area is 108 Å². The first-order valence-corrected chi connectivity index (χ1v) is 6.02. The Morgan fingerprint density at radius 1 is 1.33 bits per heavy atom. The van der Waals surface area contributed by atoms with Crippen molar-refractivity contribution in [2.24, 2.45) is 10.4 Å². The zero-order valence-corrected chi connectivity index (χ0v) is 11.6. The molecule has 1 amide bonds. The van der Waals surface area contributed by atoms with Gasteiger partial charge in [0.15, 0.2) is 0 Å². The van der Waals surface area contributed by atoms with Gasteiger partial charge in [-0.3, -0.25) is 4.98 Å². The van der Waals surface area contributed by atoms with Gasteiger partial charge in [-0.1, -0.05) is 26.8 Å². The number of ether oxygens (including phenoxy) is 1. The van der Waals surface area contributed by atoms with Gasteiger partial charge in [0.1, 0.15) is 0 Å². The average Bonchev–Trinajstić information content (AvgIpc) is 2.24. The molecule has 1 aromatic heterocycles. The minimum Gasteiger partial charge on any atom is -0.445 e. The van der Waals surface area contributed by atoms with Gasteiger partial charge in [0.2, 0.25) is 0 Å². The largest absolute Gasteiger partial charge is 0.445 e. The predicted octanol–water partition coefficient (Wildman–Crippen LogP) is 3.46. The molecule has 0 aliphatic heterocycles. The zero-order valence-electron chi connectivity index (χ0n) is 11.6. The Morgan fingerprint density at radius 3 is 2.44 bits per heavy atom. The minimum atomic E-state index is -0.569. The summed E-state index contributed by atoms with van der Waals surface area (Å²) < 4.78 is 5.04. The molecule has 0 spiro atoms. The Morgan fingerprint density at radius 2 is 2.00 bits per heavy atom. The van der Waals surface area contributed by atoms with Gasteiger partial charge in [0.25, 0.3) is 0 Å². The van der Waals surface area contributed by atoms with Crippen LogP contribution in [0.5, 0.6) is 0 Å². The van der Waals surface area contributed by atoms with Crippen LogP contribution in [-0.4, -0.2) is 22.9 Å². The molecule has 0 atom stereocenters. The first kappa shape index (κ1) is 14.4. The van der Waals surface area contributed by atoms with E-state index in [0.29, 0.717) is 11.4 Å². The highest BCUT2D eigenvalue weighted by Gasteiger charge is 2.23. The Balaban J connectivity index is 3.08. The standard InChI is InChI=1S/C14H20N2O2/c1-10(2)18-13(17)16-12(14(3,4)5)11-8-6-7-9-15-11/h6-10H,1-5H3/b16-12+. The average molecular weight is 248 g/mol. The van der Waals surface area contributed by atoms with E-state index in [2.05, 4.69) is 9.98 Å². The van der Waals surface area contributed by atoms with Gasteiger partial charge in [-0.15, -0.1) is 0 Å². The van der Waals surface area contributed by atoms with Crippen LogP contribution in [0.2, 0.25) is 0 Å². The van der Waals surface area contributed by atoms with E-state index in [-0.39, 0.29) is 11.5 Å². The molecule has 1 rings (SSSR count). The molecular weight excluding hydrogens is 228 g/mol. The van der Waals surface area contributed by atoms with Gasteiger partial charge < -0.3 is 4.74 Å². The van der Waals surface area contributed by atoms with E-state index in [1.807, 2.05) is 39.0 Å². The van der Waals surface area contributed by atoms with Crippen LogP contribution in [0, 0.1) is 5.41 Å². The van der Waals surface area contributed by atoms with Crippen LogP contribution in [-0.2, 0) is 4.74 Å². The summed E-state index contributed by atoms with van der Waals surface area (Å²) in [6.45, 7) is 9.56. The van der Waals surface area contributed by atoms with E-state index >= 15 is 0 Å². The summed E-state index contributed by atoms with van der Waals surface area (Å²) in [6, 6.07) is 5.54. The first-order valence-electron chi connectivity index (χ1n) is 6.02. The molecular formula is C14H20N2O2. The molecule has 0 N–H and O–H groups in total. The minimum absolute atomic E-state index is 0.175. The van der Waals surface area contributed by atoms with E-state index in [4.69, 9.17) is 4.74 Å². The van der Waals surface area contributed by atoms with Crippen molar-refractivity contribution in [1.82, 2.24) is 4.98 Å². The number of aliphatic imine (C=N–C) groups is 1. The number of hydrogen-bond acceptors (Lipinski definition) is 3. The molecule has 0 fully saturated rings. The monoisotopic (exact) mass is 248 g/mol. The Hall–Kier alpha value is -1.71. The van der Waals surface area contributed by atoms with Crippen LogP contribution in [0.25, 0.3) is 0 Å². The van der Waals surface area contributed by atoms with Crippen LogP contribution < -0.4 is 0 Å². The summed E-state index contributed by atoms with van der Waals surface area (Å²) in [5.74, 6) is 0. The maximum absolute atomic E-state index is 11.6.